The molecule has 0 amide bonds. The van der Waals surface area contributed by atoms with Crippen molar-refractivity contribution in [2.45, 2.75) is 26.0 Å². The molecule has 2 rings (SSSR count). The quantitative estimate of drug-likeness (QED) is 0.740. The summed E-state index contributed by atoms with van der Waals surface area (Å²) in [6, 6.07) is 0.342. The number of hydrogen-bond donors (Lipinski definition) is 2. The van der Waals surface area contributed by atoms with E-state index in [4.69, 9.17) is 9.47 Å². The Hall–Kier alpha value is -0.960. The maximum Gasteiger partial charge on any atom is 0.270 e. The lowest BCUT2D eigenvalue weighted by molar-refractivity contribution is 0.102. The van der Waals surface area contributed by atoms with Crippen LogP contribution in [0, 0.1) is 0 Å². The van der Waals surface area contributed by atoms with E-state index in [0.29, 0.717) is 31.7 Å². The van der Waals surface area contributed by atoms with Gasteiger partial charge in [0.05, 0.1) is 24.9 Å². The Morgan fingerprint density at radius 3 is 2.85 bits per heavy atom. The minimum Gasteiger partial charge on any atom is -0.472 e. The zero-order chi connectivity index (χ0) is 14.4. The molecule has 1 aromatic heterocycles. The van der Waals surface area contributed by atoms with Crippen molar-refractivity contribution in [3.8, 4) is 5.88 Å². The van der Waals surface area contributed by atoms with Crippen LogP contribution in [0.2, 0.25) is 0 Å². The summed E-state index contributed by atoms with van der Waals surface area (Å²) in [6.45, 7) is 7.75. The molecule has 1 aliphatic heterocycles. The van der Waals surface area contributed by atoms with Crippen molar-refractivity contribution >= 4 is 17.5 Å². The van der Waals surface area contributed by atoms with Crippen molar-refractivity contribution in [3.63, 3.8) is 0 Å². The van der Waals surface area contributed by atoms with Crippen LogP contribution < -0.4 is 15.0 Å². The predicted molar refractivity (Wildman–Crippen MR) is 77.6 cm³/mol. The molecule has 0 aliphatic carbocycles. The summed E-state index contributed by atoms with van der Waals surface area (Å²) >= 11 is 1.13. The van der Waals surface area contributed by atoms with Crippen molar-refractivity contribution in [1.82, 2.24) is 14.1 Å². The van der Waals surface area contributed by atoms with E-state index in [-0.39, 0.29) is 6.61 Å². The van der Waals surface area contributed by atoms with E-state index < -0.39 is 6.10 Å². The minimum absolute atomic E-state index is 0.211. The van der Waals surface area contributed by atoms with E-state index in [0.717, 1.165) is 30.6 Å². The fourth-order valence-electron chi connectivity index (χ4n) is 1.84. The summed E-state index contributed by atoms with van der Waals surface area (Å²) in [6.07, 6.45) is -0.559. The Morgan fingerprint density at radius 1 is 1.40 bits per heavy atom. The number of nitrogens with one attached hydrogen (secondary N) is 1. The van der Waals surface area contributed by atoms with Gasteiger partial charge in [0.2, 0.25) is 5.82 Å². The third-order valence-electron chi connectivity index (χ3n) is 2.93. The van der Waals surface area contributed by atoms with Crippen LogP contribution >= 0.6 is 11.7 Å². The van der Waals surface area contributed by atoms with E-state index >= 15 is 0 Å². The van der Waals surface area contributed by atoms with Crippen LogP contribution in [0.3, 0.4) is 0 Å². The molecular formula is C12H22N4O3S. The van der Waals surface area contributed by atoms with Crippen LogP contribution in [0.5, 0.6) is 5.88 Å². The zero-order valence-electron chi connectivity index (χ0n) is 11.9. The number of hydrogen-bond acceptors (Lipinski definition) is 8. The van der Waals surface area contributed by atoms with Crippen LogP contribution in [0.4, 0.5) is 5.82 Å². The van der Waals surface area contributed by atoms with E-state index in [1.165, 1.54) is 0 Å². The second-order valence-electron chi connectivity index (χ2n) is 5.02. The summed E-state index contributed by atoms with van der Waals surface area (Å²) in [4.78, 5) is 2.10. The zero-order valence-corrected chi connectivity index (χ0v) is 12.7. The molecule has 2 heterocycles. The standard InChI is InChI=1S/C12H22N4O3S/c1-9(2)13-7-10(17)8-19-12-11(14-20-15-12)16-3-5-18-6-4-16/h9-10,13,17H,3-8H2,1-2H3/t10-/m0/s1. The lowest BCUT2D eigenvalue weighted by atomic mass is 10.3. The maximum atomic E-state index is 9.83. The number of aliphatic hydroxyl groups excluding tert-OH is 1. The van der Waals surface area contributed by atoms with Crippen molar-refractivity contribution in [2.24, 2.45) is 0 Å². The molecular weight excluding hydrogens is 280 g/mol. The normalized spacial score (nSPS) is 17.5. The van der Waals surface area contributed by atoms with Crippen molar-refractivity contribution in [3.05, 3.63) is 0 Å². The molecule has 7 nitrogen and oxygen atoms in total. The van der Waals surface area contributed by atoms with Gasteiger partial charge in [-0.15, -0.1) is 4.37 Å². The summed E-state index contributed by atoms with van der Waals surface area (Å²) in [5.74, 6) is 1.25. The molecule has 0 saturated carbocycles. The molecule has 2 N–H and O–H groups in total. The number of aliphatic hydroxyl groups is 1. The number of ether oxygens (including phenoxy) is 2. The molecule has 0 bridgehead atoms. The molecule has 8 heteroatoms. The molecule has 0 unspecified atom stereocenters. The van der Waals surface area contributed by atoms with Crippen LogP contribution in [0.25, 0.3) is 0 Å². The highest BCUT2D eigenvalue weighted by atomic mass is 32.1. The average Bonchev–Trinajstić information content (AvgIpc) is 2.92. The number of morpholine rings is 1. The average molecular weight is 302 g/mol. The molecule has 1 saturated heterocycles. The maximum absolute atomic E-state index is 9.83. The van der Waals surface area contributed by atoms with Gasteiger partial charge in [-0.2, -0.15) is 4.37 Å². The van der Waals surface area contributed by atoms with Crippen molar-refractivity contribution in [1.29, 1.82) is 0 Å². The van der Waals surface area contributed by atoms with E-state index in [1.807, 2.05) is 13.8 Å². The molecule has 114 valence electrons. The molecule has 0 radical (unpaired) electrons. The highest BCUT2D eigenvalue weighted by molar-refractivity contribution is 6.99. The monoisotopic (exact) mass is 302 g/mol. The fourth-order valence-corrected chi connectivity index (χ4v) is 2.36. The highest BCUT2D eigenvalue weighted by Gasteiger charge is 2.20. The third kappa shape index (κ3) is 4.55. The molecule has 1 atom stereocenters. The first-order valence-corrected chi connectivity index (χ1v) is 7.59. The Bertz CT molecular complexity index is 396. The van der Waals surface area contributed by atoms with Crippen LogP contribution in [0.1, 0.15) is 13.8 Å². The van der Waals surface area contributed by atoms with Gasteiger partial charge in [-0.3, -0.25) is 0 Å². The van der Waals surface area contributed by atoms with E-state index in [9.17, 15) is 5.11 Å². The number of aromatic nitrogens is 2. The summed E-state index contributed by atoms with van der Waals surface area (Å²) < 4.78 is 19.3. The summed E-state index contributed by atoms with van der Waals surface area (Å²) in [5, 5.41) is 13.0. The molecule has 1 fully saturated rings. The van der Waals surface area contributed by atoms with Gasteiger partial charge in [0.15, 0.2) is 0 Å². The van der Waals surface area contributed by atoms with Crippen LogP contribution in [-0.2, 0) is 4.74 Å². The molecule has 0 spiro atoms. The Kier molecular flexibility index (Phi) is 5.96. The number of nitrogens with zero attached hydrogens (tertiary/aromatic N) is 3. The summed E-state index contributed by atoms with van der Waals surface area (Å²) in [5.41, 5.74) is 0. The lowest BCUT2D eigenvalue weighted by Crippen LogP contribution is -2.37. The molecule has 1 aliphatic rings. The summed E-state index contributed by atoms with van der Waals surface area (Å²) in [7, 11) is 0. The lowest BCUT2D eigenvalue weighted by Gasteiger charge is -2.26. The van der Waals surface area contributed by atoms with Gasteiger partial charge in [0, 0.05) is 25.7 Å². The van der Waals surface area contributed by atoms with Gasteiger partial charge < -0.3 is 24.8 Å². The Balaban J connectivity index is 1.82. The second-order valence-corrected chi connectivity index (χ2v) is 5.55. The van der Waals surface area contributed by atoms with Gasteiger partial charge in [-0.1, -0.05) is 13.8 Å². The fraction of sp³-hybridized carbons (Fsp3) is 0.833. The topological polar surface area (TPSA) is 79.7 Å². The largest absolute Gasteiger partial charge is 0.472 e. The second kappa shape index (κ2) is 7.72. The smallest absolute Gasteiger partial charge is 0.270 e. The minimum atomic E-state index is -0.559. The van der Waals surface area contributed by atoms with Gasteiger partial charge in [0.25, 0.3) is 5.88 Å². The van der Waals surface area contributed by atoms with E-state index in [1.54, 1.807) is 0 Å². The van der Waals surface area contributed by atoms with Crippen molar-refractivity contribution < 1.29 is 14.6 Å². The van der Waals surface area contributed by atoms with Gasteiger partial charge >= 0.3 is 0 Å². The number of anilines is 1. The molecule has 1 aromatic rings. The Labute approximate surface area is 123 Å². The first kappa shape index (κ1) is 15.4. The first-order valence-electron chi connectivity index (χ1n) is 6.86. The highest BCUT2D eigenvalue weighted by Crippen LogP contribution is 2.26. The SMILES string of the molecule is CC(C)NC[C@H](O)COc1nsnc1N1CCOCC1. The van der Waals surface area contributed by atoms with Gasteiger partial charge in [0.1, 0.15) is 12.7 Å². The van der Waals surface area contributed by atoms with Gasteiger partial charge in [-0.05, 0) is 0 Å². The van der Waals surface area contributed by atoms with Crippen molar-refractivity contribution in [2.75, 3.05) is 44.4 Å². The van der Waals surface area contributed by atoms with E-state index in [2.05, 4.69) is 19.0 Å². The predicted octanol–water partition coefficient (Wildman–Crippen LogP) is 0.112. The first-order chi connectivity index (χ1) is 9.66. The van der Waals surface area contributed by atoms with Gasteiger partial charge in [-0.25, -0.2) is 0 Å². The third-order valence-corrected chi connectivity index (χ3v) is 3.43. The molecule has 0 aromatic carbocycles. The van der Waals surface area contributed by atoms with Crippen LogP contribution in [-0.4, -0.2) is 65.5 Å². The Morgan fingerprint density at radius 2 is 2.15 bits per heavy atom. The molecule has 20 heavy (non-hydrogen) atoms. The van der Waals surface area contributed by atoms with Crippen LogP contribution in [0.15, 0.2) is 0 Å². The number of rotatable bonds is 7.